The highest BCUT2D eigenvalue weighted by molar-refractivity contribution is 7.91. The second-order valence-electron chi connectivity index (χ2n) is 4.68. The molecule has 1 N–H and O–H groups in total. The molecule has 0 amide bonds. The molecule has 0 aliphatic carbocycles. The minimum atomic E-state index is -2.79. The second-order valence-corrected chi connectivity index (χ2v) is 7.74. The summed E-state index contributed by atoms with van der Waals surface area (Å²) >= 11 is 1.35. The quantitative estimate of drug-likeness (QED) is 0.908. The van der Waals surface area contributed by atoms with E-state index in [4.69, 9.17) is 0 Å². The Morgan fingerprint density at radius 3 is 2.53 bits per heavy atom. The van der Waals surface area contributed by atoms with Crippen molar-refractivity contribution >= 4 is 26.5 Å². The van der Waals surface area contributed by atoms with Crippen LogP contribution in [0.2, 0.25) is 0 Å². The van der Waals surface area contributed by atoms with Crippen molar-refractivity contribution in [3.8, 4) is 0 Å². The van der Waals surface area contributed by atoms with Crippen molar-refractivity contribution in [2.45, 2.75) is 38.6 Å². The Bertz CT molecular complexity index is 467. The van der Waals surface area contributed by atoms with Crippen LogP contribution in [-0.4, -0.2) is 35.3 Å². The topological polar surface area (TPSA) is 72.0 Å². The van der Waals surface area contributed by atoms with Gasteiger partial charge in [-0.1, -0.05) is 13.8 Å². The van der Waals surface area contributed by atoms with Gasteiger partial charge in [-0.25, -0.2) is 13.4 Å². The van der Waals surface area contributed by atoms with Crippen LogP contribution in [0.3, 0.4) is 0 Å². The Morgan fingerprint density at radius 1 is 1.35 bits per heavy atom. The van der Waals surface area contributed by atoms with Crippen molar-refractivity contribution in [1.29, 1.82) is 0 Å². The summed E-state index contributed by atoms with van der Waals surface area (Å²) in [6.45, 7) is 4.11. The molecule has 0 radical (unpaired) electrons. The molecule has 0 atom stereocenters. The predicted octanol–water partition coefficient (Wildman–Crippen LogP) is 1.65. The van der Waals surface area contributed by atoms with Crippen LogP contribution in [0.5, 0.6) is 0 Å². The Labute approximate surface area is 106 Å². The maximum absolute atomic E-state index is 11.3. The minimum Gasteiger partial charge on any atom is -0.357 e. The fraction of sp³-hybridized carbons (Fsp3) is 0.800. The first-order valence-corrected chi connectivity index (χ1v) is 8.36. The van der Waals surface area contributed by atoms with E-state index in [1.54, 1.807) is 0 Å². The van der Waals surface area contributed by atoms with Gasteiger partial charge in [-0.05, 0) is 12.8 Å². The Hall–Kier alpha value is -0.690. The van der Waals surface area contributed by atoms with E-state index in [1.807, 2.05) is 0 Å². The first kappa shape index (κ1) is 12.8. The molecule has 17 heavy (non-hydrogen) atoms. The van der Waals surface area contributed by atoms with E-state index in [0.29, 0.717) is 18.8 Å². The van der Waals surface area contributed by atoms with Crippen LogP contribution in [-0.2, 0) is 9.84 Å². The lowest BCUT2D eigenvalue weighted by atomic mass is 10.2. The van der Waals surface area contributed by atoms with Gasteiger partial charge in [-0.2, -0.15) is 4.37 Å². The molecular weight excluding hydrogens is 258 g/mol. The highest BCUT2D eigenvalue weighted by Gasteiger charge is 2.24. The monoisotopic (exact) mass is 275 g/mol. The molecule has 5 nitrogen and oxygen atoms in total. The van der Waals surface area contributed by atoms with E-state index in [1.165, 1.54) is 11.5 Å². The van der Waals surface area contributed by atoms with Gasteiger partial charge in [0, 0.05) is 23.5 Å². The number of nitrogens with one attached hydrogen (secondary N) is 1. The Balaban J connectivity index is 1.93. The van der Waals surface area contributed by atoms with E-state index in [-0.39, 0.29) is 17.5 Å². The zero-order valence-corrected chi connectivity index (χ0v) is 11.6. The van der Waals surface area contributed by atoms with Crippen molar-refractivity contribution in [2.24, 2.45) is 0 Å². The lowest BCUT2D eigenvalue weighted by Crippen LogP contribution is -2.32. The zero-order chi connectivity index (χ0) is 12.5. The fourth-order valence-corrected chi connectivity index (χ4v) is 4.01. The standard InChI is InChI=1S/C10H17N3O2S2/c1-7(2)9-12-10(16-13-9)11-8-3-5-17(14,15)6-4-8/h7-8H,3-6H2,1-2H3,(H,11,12,13). The zero-order valence-electron chi connectivity index (χ0n) is 10.0. The van der Waals surface area contributed by atoms with Crippen molar-refractivity contribution in [3.05, 3.63) is 5.82 Å². The smallest absolute Gasteiger partial charge is 0.202 e. The van der Waals surface area contributed by atoms with Gasteiger partial charge in [0.2, 0.25) is 5.13 Å². The molecule has 0 spiro atoms. The average Bonchev–Trinajstić information content (AvgIpc) is 2.70. The molecule has 2 heterocycles. The third-order valence-corrected chi connectivity index (χ3v) is 5.22. The third kappa shape index (κ3) is 3.38. The number of nitrogens with zero attached hydrogens (tertiary/aromatic N) is 2. The van der Waals surface area contributed by atoms with E-state index in [0.717, 1.165) is 11.0 Å². The van der Waals surface area contributed by atoms with Crippen molar-refractivity contribution in [1.82, 2.24) is 9.36 Å². The molecule has 1 aromatic heterocycles. The largest absolute Gasteiger partial charge is 0.357 e. The van der Waals surface area contributed by atoms with E-state index in [2.05, 4.69) is 28.5 Å². The van der Waals surface area contributed by atoms with Crippen molar-refractivity contribution in [2.75, 3.05) is 16.8 Å². The molecule has 96 valence electrons. The minimum absolute atomic E-state index is 0.214. The molecule has 1 aromatic rings. The summed E-state index contributed by atoms with van der Waals surface area (Å²) in [5.41, 5.74) is 0. The number of hydrogen-bond acceptors (Lipinski definition) is 6. The lowest BCUT2D eigenvalue weighted by Gasteiger charge is -2.22. The van der Waals surface area contributed by atoms with E-state index >= 15 is 0 Å². The number of rotatable bonds is 3. The van der Waals surface area contributed by atoms with Crippen molar-refractivity contribution < 1.29 is 8.42 Å². The number of hydrogen-bond donors (Lipinski definition) is 1. The van der Waals surface area contributed by atoms with E-state index < -0.39 is 9.84 Å². The number of sulfone groups is 1. The van der Waals surface area contributed by atoms with E-state index in [9.17, 15) is 8.42 Å². The maximum Gasteiger partial charge on any atom is 0.202 e. The highest BCUT2D eigenvalue weighted by Crippen LogP contribution is 2.21. The van der Waals surface area contributed by atoms with Gasteiger partial charge < -0.3 is 5.32 Å². The summed E-state index contributed by atoms with van der Waals surface area (Å²) in [7, 11) is -2.79. The van der Waals surface area contributed by atoms with Gasteiger partial charge in [-0.3, -0.25) is 0 Å². The van der Waals surface area contributed by atoms with Crippen LogP contribution < -0.4 is 5.32 Å². The summed E-state index contributed by atoms with van der Waals surface area (Å²) in [6, 6.07) is 0.214. The van der Waals surface area contributed by atoms with Crippen LogP contribution in [0, 0.1) is 0 Å². The summed E-state index contributed by atoms with van der Waals surface area (Å²) < 4.78 is 26.8. The molecule has 0 bridgehead atoms. The first-order chi connectivity index (χ1) is 7.96. The van der Waals surface area contributed by atoms with Gasteiger partial charge in [-0.15, -0.1) is 0 Å². The molecule has 1 fully saturated rings. The molecule has 7 heteroatoms. The van der Waals surface area contributed by atoms with Gasteiger partial charge in [0.15, 0.2) is 0 Å². The Kier molecular flexibility index (Phi) is 3.67. The number of anilines is 1. The van der Waals surface area contributed by atoms with Crippen LogP contribution >= 0.6 is 11.5 Å². The maximum atomic E-state index is 11.3. The molecule has 0 unspecified atom stereocenters. The predicted molar refractivity (Wildman–Crippen MR) is 69.3 cm³/mol. The summed E-state index contributed by atoms with van der Waals surface area (Å²) in [5, 5.41) is 4.08. The molecule has 1 saturated heterocycles. The van der Waals surface area contributed by atoms with Crippen LogP contribution in [0.4, 0.5) is 5.13 Å². The molecule has 1 aliphatic rings. The van der Waals surface area contributed by atoms with Gasteiger partial charge >= 0.3 is 0 Å². The van der Waals surface area contributed by atoms with Crippen molar-refractivity contribution in [3.63, 3.8) is 0 Å². The summed E-state index contributed by atoms with van der Waals surface area (Å²) in [6.07, 6.45) is 1.33. The fourth-order valence-electron chi connectivity index (χ4n) is 1.74. The molecular formula is C10H17N3O2S2. The lowest BCUT2D eigenvalue weighted by molar-refractivity contribution is 0.559. The van der Waals surface area contributed by atoms with Crippen LogP contribution in [0.25, 0.3) is 0 Å². The first-order valence-electron chi connectivity index (χ1n) is 5.77. The highest BCUT2D eigenvalue weighted by atomic mass is 32.2. The molecule has 0 saturated carbocycles. The second kappa shape index (κ2) is 4.89. The normalized spacial score (nSPS) is 20.6. The van der Waals surface area contributed by atoms with Crippen LogP contribution in [0.1, 0.15) is 38.4 Å². The molecule has 0 aromatic carbocycles. The SMILES string of the molecule is CC(C)c1nsc(NC2CCS(=O)(=O)CC2)n1. The third-order valence-electron chi connectivity index (χ3n) is 2.84. The number of aromatic nitrogens is 2. The summed E-state index contributed by atoms with van der Waals surface area (Å²) in [4.78, 5) is 4.39. The molecule has 2 rings (SSSR count). The van der Waals surface area contributed by atoms with Gasteiger partial charge in [0.05, 0.1) is 11.5 Å². The van der Waals surface area contributed by atoms with Gasteiger partial charge in [0.25, 0.3) is 0 Å². The Morgan fingerprint density at radius 2 is 2.00 bits per heavy atom. The average molecular weight is 275 g/mol. The van der Waals surface area contributed by atoms with Gasteiger partial charge in [0.1, 0.15) is 15.7 Å². The molecule has 1 aliphatic heterocycles. The summed E-state index contributed by atoms with van der Waals surface area (Å²) in [5.74, 6) is 1.73. The van der Waals surface area contributed by atoms with Crippen LogP contribution in [0.15, 0.2) is 0 Å².